The van der Waals surface area contributed by atoms with Crippen molar-refractivity contribution < 1.29 is 9.90 Å². The molecule has 1 rings (SSSR count). The van der Waals surface area contributed by atoms with Crippen LogP contribution in [0, 0.1) is 6.92 Å². The molecule has 1 aromatic carbocycles. The summed E-state index contributed by atoms with van der Waals surface area (Å²) in [6, 6.07) is 3.07. The lowest BCUT2D eigenvalue weighted by Crippen LogP contribution is -2.00. The summed E-state index contributed by atoms with van der Waals surface area (Å²) in [6.45, 7) is 1.76. The van der Waals surface area contributed by atoms with Gasteiger partial charge < -0.3 is 5.11 Å². The SMILES string of the molecule is Cc1c(O)cc(C(=O)CCl)cc1Br. The summed E-state index contributed by atoms with van der Waals surface area (Å²) in [7, 11) is 0. The summed E-state index contributed by atoms with van der Waals surface area (Å²) in [5.41, 5.74) is 1.14. The number of aromatic hydroxyl groups is 1. The van der Waals surface area contributed by atoms with Crippen molar-refractivity contribution in [2.45, 2.75) is 6.92 Å². The van der Waals surface area contributed by atoms with Gasteiger partial charge in [-0.3, -0.25) is 4.79 Å². The molecule has 0 aliphatic carbocycles. The minimum Gasteiger partial charge on any atom is -0.508 e. The monoisotopic (exact) mass is 262 g/mol. The van der Waals surface area contributed by atoms with Crippen molar-refractivity contribution in [2.24, 2.45) is 0 Å². The van der Waals surface area contributed by atoms with E-state index in [0.29, 0.717) is 15.6 Å². The zero-order valence-electron chi connectivity index (χ0n) is 6.97. The molecule has 0 saturated heterocycles. The molecule has 2 nitrogen and oxygen atoms in total. The second kappa shape index (κ2) is 4.11. The van der Waals surface area contributed by atoms with Gasteiger partial charge >= 0.3 is 0 Å². The molecule has 0 heterocycles. The smallest absolute Gasteiger partial charge is 0.177 e. The average molecular weight is 264 g/mol. The molecule has 0 amide bonds. The van der Waals surface area contributed by atoms with Crippen LogP contribution in [0.3, 0.4) is 0 Å². The lowest BCUT2D eigenvalue weighted by molar-refractivity contribution is 0.102. The van der Waals surface area contributed by atoms with Crippen molar-refractivity contribution in [1.82, 2.24) is 0 Å². The highest BCUT2D eigenvalue weighted by molar-refractivity contribution is 9.10. The molecule has 0 spiro atoms. The second-order valence-corrected chi connectivity index (χ2v) is 3.78. The minimum atomic E-state index is -0.197. The summed E-state index contributed by atoms with van der Waals surface area (Å²) in [5, 5.41) is 9.40. The molecule has 13 heavy (non-hydrogen) atoms. The second-order valence-electron chi connectivity index (χ2n) is 2.66. The van der Waals surface area contributed by atoms with Crippen LogP contribution in [0.5, 0.6) is 5.75 Å². The maximum absolute atomic E-state index is 11.2. The van der Waals surface area contributed by atoms with Crippen LogP contribution in [0.25, 0.3) is 0 Å². The van der Waals surface area contributed by atoms with Crippen molar-refractivity contribution in [3.8, 4) is 5.75 Å². The van der Waals surface area contributed by atoms with E-state index in [-0.39, 0.29) is 17.4 Å². The first-order chi connectivity index (χ1) is 6.06. The van der Waals surface area contributed by atoms with Crippen molar-refractivity contribution >= 4 is 33.3 Å². The topological polar surface area (TPSA) is 37.3 Å². The van der Waals surface area contributed by atoms with Crippen LogP contribution in [0.15, 0.2) is 16.6 Å². The molecule has 0 fully saturated rings. The van der Waals surface area contributed by atoms with Gasteiger partial charge in [-0.2, -0.15) is 0 Å². The fourth-order valence-electron chi connectivity index (χ4n) is 0.902. The Bertz CT molecular complexity index is 326. The Labute approximate surface area is 89.7 Å². The van der Waals surface area contributed by atoms with Crippen LogP contribution in [0.2, 0.25) is 0 Å². The average Bonchev–Trinajstić information content (AvgIpc) is 2.12. The van der Waals surface area contributed by atoms with Gasteiger partial charge in [-0.1, -0.05) is 15.9 Å². The molecule has 4 heteroatoms. The van der Waals surface area contributed by atoms with Crippen LogP contribution in [0.4, 0.5) is 0 Å². The van der Waals surface area contributed by atoms with Crippen LogP contribution in [-0.4, -0.2) is 16.8 Å². The van der Waals surface area contributed by atoms with Gasteiger partial charge in [0.1, 0.15) is 5.75 Å². The van der Waals surface area contributed by atoms with Crippen molar-refractivity contribution in [3.63, 3.8) is 0 Å². The van der Waals surface area contributed by atoms with Gasteiger partial charge in [0.2, 0.25) is 0 Å². The van der Waals surface area contributed by atoms with Crippen LogP contribution < -0.4 is 0 Å². The number of rotatable bonds is 2. The van der Waals surface area contributed by atoms with E-state index in [9.17, 15) is 9.90 Å². The van der Waals surface area contributed by atoms with E-state index in [1.807, 2.05) is 0 Å². The number of hydrogen-bond donors (Lipinski definition) is 1. The Morgan fingerprint density at radius 2 is 2.23 bits per heavy atom. The number of benzene rings is 1. The molecule has 0 radical (unpaired) electrons. The predicted octanol–water partition coefficient (Wildman–Crippen LogP) is 2.88. The number of carbonyl (C=O) groups excluding carboxylic acids is 1. The lowest BCUT2D eigenvalue weighted by atomic mass is 10.1. The van der Waals surface area contributed by atoms with Crippen molar-refractivity contribution in [3.05, 3.63) is 27.7 Å². The highest BCUT2D eigenvalue weighted by Gasteiger charge is 2.09. The highest BCUT2D eigenvalue weighted by atomic mass is 79.9. The van der Waals surface area contributed by atoms with Crippen molar-refractivity contribution in [2.75, 3.05) is 5.88 Å². The third-order valence-electron chi connectivity index (χ3n) is 1.76. The molecule has 1 aromatic rings. The first-order valence-electron chi connectivity index (χ1n) is 3.64. The van der Waals surface area contributed by atoms with Gasteiger partial charge in [0.25, 0.3) is 0 Å². The molecule has 0 aliphatic rings. The first kappa shape index (κ1) is 10.5. The number of ketones is 1. The molecule has 0 aliphatic heterocycles. The highest BCUT2D eigenvalue weighted by Crippen LogP contribution is 2.27. The number of halogens is 2. The Hall–Kier alpha value is -0.540. The molecule has 0 unspecified atom stereocenters. The van der Waals surface area contributed by atoms with Gasteiger partial charge in [0, 0.05) is 15.6 Å². The van der Waals surface area contributed by atoms with E-state index >= 15 is 0 Å². The summed E-state index contributed by atoms with van der Waals surface area (Å²) in [5.74, 6) is -0.171. The number of hydrogen-bond acceptors (Lipinski definition) is 2. The standard InChI is InChI=1S/C9H8BrClO2/c1-5-7(10)2-6(3-8(5)12)9(13)4-11/h2-3,12H,4H2,1H3. The Morgan fingerprint density at radius 1 is 1.62 bits per heavy atom. The van der Waals surface area contributed by atoms with E-state index in [1.165, 1.54) is 6.07 Å². The molecule has 70 valence electrons. The Morgan fingerprint density at radius 3 is 2.69 bits per heavy atom. The Balaban J connectivity index is 3.20. The van der Waals surface area contributed by atoms with Gasteiger partial charge in [0.05, 0.1) is 5.88 Å². The first-order valence-corrected chi connectivity index (χ1v) is 4.97. The molecule has 0 aromatic heterocycles. The third kappa shape index (κ3) is 2.23. The van der Waals surface area contributed by atoms with Crippen LogP contribution in [-0.2, 0) is 0 Å². The number of alkyl halides is 1. The van der Waals surface area contributed by atoms with E-state index in [2.05, 4.69) is 15.9 Å². The largest absolute Gasteiger partial charge is 0.508 e. The maximum atomic E-state index is 11.2. The third-order valence-corrected chi connectivity index (χ3v) is 2.83. The normalized spacial score (nSPS) is 10.1. The van der Waals surface area contributed by atoms with Gasteiger partial charge in [-0.05, 0) is 19.1 Å². The molecule has 1 N–H and O–H groups in total. The maximum Gasteiger partial charge on any atom is 0.177 e. The fraction of sp³-hybridized carbons (Fsp3) is 0.222. The lowest BCUT2D eigenvalue weighted by Gasteiger charge is -2.04. The van der Waals surface area contributed by atoms with Crippen LogP contribution >= 0.6 is 27.5 Å². The molecule has 0 saturated carbocycles. The summed E-state index contributed by atoms with van der Waals surface area (Å²) < 4.78 is 0.709. The van der Waals surface area contributed by atoms with E-state index in [1.54, 1.807) is 13.0 Å². The minimum absolute atomic E-state index is 0.0745. The molecular weight excluding hydrogens is 255 g/mol. The van der Waals surface area contributed by atoms with Crippen LogP contribution in [0.1, 0.15) is 15.9 Å². The van der Waals surface area contributed by atoms with Gasteiger partial charge in [0.15, 0.2) is 5.78 Å². The summed E-state index contributed by atoms with van der Waals surface area (Å²) >= 11 is 8.62. The molecule has 0 atom stereocenters. The summed E-state index contributed by atoms with van der Waals surface area (Å²) in [4.78, 5) is 11.2. The van der Waals surface area contributed by atoms with Gasteiger partial charge in [-0.15, -0.1) is 11.6 Å². The zero-order valence-corrected chi connectivity index (χ0v) is 9.32. The summed E-state index contributed by atoms with van der Waals surface area (Å²) in [6.07, 6.45) is 0. The zero-order chi connectivity index (χ0) is 10.0. The van der Waals surface area contributed by atoms with Gasteiger partial charge in [-0.25, -0.2) is 0 Å². The van der Waals surface area contributed by atoms with E-state index in [0.717, 1.165) is 0 Å². The van der Waals surface area contributed by atoms with E-state index < -0.39 is 0 Å². The Kier molecular flexibility index (Phi) is 3.33. The number of carbonyl (C=O) groups is 1. The number of Topliss-reactive ketones (excluding diaryl/α,β-unsaturated/α-hetero) is 1. The predicted molar refractivity (Wildman–Crippen MR) is 55.6 cm³/mol. The number of phenolic OH excluding ortho intramolecular Hbond substituents is 1. The number of phenols is 1. The quantitative estimate of drug-likeness (QED) is 0.658. The van der Waals surface area contributed by atoms with E-state index in [4.69, 9.17) is 11.6 Å². The molecular formula is C9H8BrClO2. The fourth-order valence-corrected chi connectivity index (χ4v) is 1.51. The molecule has 0 bridgehead atoms. The van der Waals surface area contributed by atoms with Crippen molar-refractivity contribution in [1.29, 1.82) is 0 Å².